The van der Waals surface area contributed by atoms with Crippen molar-refractivity contribution in [1.82, 2.24) is 10.2 Å². The average molecular weight is 461 g/mol. The first-order valence-corrected chi connectivity index (χ1v) is 10.8. The van der Waals surface area contributed by atoms with Crippen molar-refractivity contribution in [3.8, 4) is 5.75 Å². The summed E-state index contributed by atoms with van der Waals surface area (Å²) in [4.78, 5) is 49.8. The summed E-state index contributed by atoms with van der Waals surface area (Å²) in [5.41, 5.74) is -0.522. The number of amides is 3. The third-order valence-corrected chi connectivity index (χ3v) is 6.28. The molecule has 3 amide bonds. The Morgan fingerprint density at radius 3 is 2.79 bits per heavy atom. The van der Waals surface area contributed by atoms with Crippen LogP contribution in [0.15, 0.2) is 12.1 Å². The number of imide groups is 1. The summed E-state index contributed by atoms with van der Waals surface area (Å²) in [6, 6.07) is 2.00. The molecule has 4 rings (SSSR count). The number of nitro benzene ring substituents is 1. The second-order valence-corrected chi connectivity index (χ2v) is 9.88. The van der Waals surface area contributed by atoms with Gasteiger partial charge in [0, 0.05) is 23.3 Å². The molecule has 178 valence electrons. The first-order chi connectivity index (χ1) is 15.5. The Hall–Kier alpha value is -3.21. The first-order valence-electron chi connectivity index (χ1n) is 10.8. The van der Waals surface area contributed by atoms with Gasteiger partial charge in [-0.15, -0.1) is 0 Å². The Bertz CT molecular complexity index is 1020. The highest BCUT2D eigenvalue weighted by Crippen LogP contribution is 2.46. The van der Waals surface area contributed by atoms with Crippen LogP contribution in [0.5, 0.6) is 5.75 Å². The van der Waals surface area contributed by atoms with E-state index in [4.69, 9.17) is 14.2 Å². The molecular weight excluding hydrogens is 434 g/mol. The number of fused-ring (bicyclic) bond motifs is 1. The van der Waals surface area contributed by atoms with Gasteiger partial charge < -0.3 is 19.5 Å². The standard InChI is InChI=1S/C22H27N3O8/c1-13-6-21(2,3)11-22(7-13)19(27)24(20(28)23-22)8-17(26)32-10-15-5-16(25(29)30)4-14-9-31-12-33-18(14)15/h4-5,13H,6-12H2,1-3H3,(H,23,28)/t13-,22+/m1/s1. The molecule has 11 nitrogen and oxygen atoms in total. The van der Waals surface area contributed by atoms with Gasteiger partial charge in [-0.1, -0.05) is 20.8 Å². The number of nitro groups is 1. The van der Waals surface area contributed by atoms with E-state index in [0.717, 1.165) is 11.3 Å². The smallest absolute Gasteiger partial charge is 0.326 e. The van der Waals surface area contributed by atoms with Crippen LogP contribution < -0.4 is 10.1 Å². The van der Waals surface area contributed by atoms with Crippen LogP contribution in [0.1, 0.15) is 51.2 Å². The Morgan fingerprint density at radius 1 is 1.33 bits per heavy atom. The van der Waals surface area contributed by atoms with E-state index in [9.17, 15) is 24.5 Å². The lowest BCUT2D eigenvalue weighted by Gasteiger charge is -2.43. The molecule has 0 aromatic heterocycles. The monoisotopic (exact) mass is 461 g/mol. The van der Waals surface area contributed by atoms with E-state index < -0.39 is 34.9 Å². The zero-order chi connectivity index (χ0) is 24.0. The van der Waals surface area contributed by atoms with Crippen molar-refractivity contribution in [2.24, 2.45) is 11.3 Å². The number of hydrogen-bond acceptors (Lipinski definition) is 8. The molecule has 2 aliphatic heterocycles. The van der Waals surface area contributed by atoms with E-state index in [1.54, 1.807) is 0 Å². The second kappa shape index (κ2) is 8.29. The highest BCUT2D eigenvalue weighted by molar-refractivity contribution is 6.08. The Labute approximate surface area is 190 Å². The molecule has 1 spiro atoms. The quantitative estimate of drug-likeness (QED) is 0.306. The van der Waals surface area contributed by atoms with Gasteiger partial charge in [-0.25, -0.2) is 4.79 Å². The zero-order valence-corrected chi connectivity index (χ0v) is 18.8. The van der Waals surface area contributed by atoms with Crippen LogP contribution in [0.4, 0.5) is 10.5 Å². The second-order valence-electron chi connectivity index (χ2n) is 9.88. The zero-order valence-electron chi connectivity index (χ0n) is 18.8. The van der Waals surface area contributed by atoms with Gasteiger partial charge in [0.1, 0.15) is 24.4 Å². The maximum absolute atomic E-state index is 13.2. The molecule has 1 aliphatic carbocycles. The van der Waals surface area contributed by atoms with Crippen LogP contribution in [0.3, 0.4) is 0 Å². The van der Waals surface area contributed by atoms with E-state index in [1.165, 1.54) is 12.1 Å². The molecule has 2 atom stereocenters. The number of nitrogens with one attached hydrogen (secondary N) is 1. The summed E-state index contributed by atoms with van der Waals surface area (Å²) in [7, 11) is 0. The number of carbonyl (C=O) groups excluding carboxylic acids is 3. The van der Waals surface area contributed by atoms with Crippen LogP contribution in [-0.4, -0.2) is 46.6 Å². The van der Waals surface area contributed by atoms with Gasteiger partial charge in [0.05, 0.1) is 11.5 Å². The van der Waals surface area contributed by atoms with Crippen LogP contribution in [0.2, 0.25) is 0 Å². The normalized spacial score (nSPS) is 25.9. The molecule has 2 fully saturated rings. The number of benzene rings is 1. The minimum absolute atomic E-state index is 0.0228. The summed E-state index contributed by atoms with van der Waals surface area (Å²) in [6.07, 6.45) is 1.96. The van der Waals surface area contributed by atoms with Crippen LogP contribution in [0.25, 0.3) is 0 Å². The molecule has 1 saturated heterocycles. The van der Waals surface area contributed by atoms with Gasteiger partial charge in [-0.3, -0.25) is 24.6 Å². The Morgan fingerprint density at radius 2 is 2.09 bits per heavy atom. The van der Waals surface area contributed by atoms with E-state index in [1.807, 2.05) is 6.92 Å². The van der Waals surface area contributed by atoms with Crippen molar-refractivity contribution in [2.45, 2.75) is 58.8 Å². The SMILES string of the molecule is C[C@@H]1CC(C)(C)C[C@]2(C1)NC(=O)N(CC(=O)OCc1cc([N+](=O)[O-])cc3c1OCOC3)C2=O. The third kappa shape index (κ3) is 4.50. The largest absolute Gasteiger partial charge is 0.467 e. The highest BCUT2D eigenvalue weighted by atomic mass is 16.7. The molecule has 0 radical (unpaired) electrons. The van der Waals surface area contributed by atoms with Gasteiger partial charge in [0.2, 0.25) is 0 Å². The lowest BCUT2D eigenvalue weighted by atomic mass is 9.64. The minimum Gasteiger partial charge on any atom is -0.467 e. The van der Waals surface area contributed by atoms with Gasteiger partial charge >= 0.3 is 12.0 Å². The van der Waals surface area contributed by atoms with Gasteiger partial charge in [0.25, 0.3) is 11.6 Å². The number of carbonyl (C=O) groups is 3. The van der Waals surface area contributed by atoms with E-state index in [0.29, 0.717) is 29.7 Å². The number of hydrogen-bond donors (Lipinski definition) is 1. The predicted octanol–water partition coefficient (Wildman–Crippen LogP) is 2.64. The van der Waals surface area contributed by atoms with Crippen LogP contribution in [-0.2, 0) is 32.3 Å². The predicted molar refractivity (Wildman–Crippen MR) is 113 cm³/mol. The van der Waals surface area contributed by atoms with Crippen molar-refractivity contribution in [3.63, 3.8) is 0 Å². The Kier molecular flexibility index (Phi) is 5.77. The molecular formula is C22H27N3O8. The number of esters is 1. The molecule has 0 bridgehead atoms. The van der Waals surface area contributed by atoms with Crippen LogP contribution in [0, 0.1) is 21.4 Å². The lowest BCUT2D eigenvalue weighted by molar-refractivity contribution is -0.385. The summed E-state index contributed by atoms with van der Waals surface area (Å²) in [5.74, 6) is -0.607. The van der Waals surface area contributed by atoms with Crippen molar-refractivity contribution < 1.29 is 33.5 Å². The molecule has 1 aromatic carbocycles. The summed E-state index contributed by atoms with van der Waals surface area (Å²) in [6.45, 7) is 5.44. The average Bonchev–Trinajstić information content (AvgIpc) is 2.93. The Balaban J connectivity index is 1.45. The molecule has 3 aliphatic rings. The number of ether oxygens (including phenoxy) is 3. The molecule has 2 heterocycles. The maximum Gasteiger partial charge on any atom is 0.326 e. The fourth-order valence-corrected chi connectivity index (χ4v) is 5.48. The lowest BCUT2D eigenvalue weighted by Crippen LogP contribution is -2.54. The number of nitrogens with zero attached hydrogens (tertiary/aromatic N) is 2. The van der Waals surface area contributed by atoms with Crippen molar-refractivity contribution in [1.29, 1.82) is 0 Å². The molecule has 1 N–H and O–H groups in total. The van der Waals surface area contributed by atoms with E-state index in [2.05, 4.69) is 19.2 Å². The van der Waals surface area contributed by atoms with Crippen molar-refractivity contribution in [3.05, 3.63) is 33.4 Å². The first kappa shape index (κ1) is 23.0. The topological polar surface area (TPSA) is 137 Å². The fraction of sp³-hybridized carbons (Fsp3) is 0.591. The molecule has 0 unspecified atom stereocenters. The molecule has 33 heavy (non-hydrogen) atoms. The van der Waals surface area contributed by atoms with Gasteiger partial charge in [0.15, 0.2) is 6.79 Å². The number of non-ortho nitro benzene ring substituents is 1. The van der Waals surface area contributed by atoms with Crippen molar-refractivity contribution >= 4 is 23.6 Å². The molecule has 11 heteroatoms. The van der Waals surface area contributed by atoms with Crippen LogP contribution >= 0.6 is 0 Å². The van der Waals surface area contributed by atoms with Gasteiger partial charge in [-0.2, -0.15) is 0 Å². The summed E-state index contributed by atoms with van der Waals surface area (Å²) < 4.78 is 15.9. The summed E-state index contributed by atoms with van der Waals surface area (Å²) >= 11 is 0. The van der Waals surface area contributed by atoms with E-state index in [-0.39, 0.29) is 37.0 Å². The van der Waals surface area contributed by atoms with E-state index >= 15 is 0 Å². The molecule has 1 aromatic rings. The summed E-state index contributed by atoms with van der Waals surface area (Å²) in [5, 5.41) is 14.0. The highest BCUT2D eigenvalue weighted by Gasteiger charge is 2.56. The third-order valence-electron chi connectivity index (χ3n) is 6.28. The van der Waals surface area contributed by atoms with Gasteiger partial charge in [-0.05, 0) is 30.6 Å². The fourth-order valence-electron chi connectivity index (χ4n) is 5.48. The maximum atomic E-state index is 13.2. The number of urea groups is 1. The number of rotatable bonds is 5. The van der Waals surface area contributed by atoms with Crippen molar-refractivity contribution in [2.75, 3.05) is 13.3 Å². The minimum atomic E-state index is -1.01. The molecule has 1 saturated carbocycles.